The molecule has 0 spiro atoms. The predicted octanol–water partition coefficient (Wildman–Crippen LogP) is 3.88. The van der Waals surface area contributed by atoms with Gasteiger partial charge in [-0.25, -0.2) is 0 Å². The number of aryl methyl sites for hydroxylation is 1. The van der Waals surface area contributed by atoms with Crippen LogP contribution in [0, 0.1) is 6.92 Å². The van der Waals surface area contributed by atoms with Gasteiger partial charge in [0.2, 0.25) is 5.91 Å². The molecule has 0 unspecified atom stereocenters. The molecule has 0 radical (unpaired) electrons. The van der Waals surface area contributed by atoms with Gasteiger partial charge in [0.15, 0.2) is 0 Å². The molecule has 0 saturated carbocycles. The first-order valence-electron chi connectivity index (χ1n) is 9.57. The molecule has 1 aliphatic rings. The minimum absolute atomic E-state index is 0.00291. The molecule has 0 atom stereocenters. The predicted molar refractivity (Wildman–Crippen MR) is 126 cm³/mol. The summed E-state index contributed by atoms with van der Waals surface area (Å²) in [6.45, 7) is 1.75. The zero-order valence-corrected chi connectivity index (χ0v) is 19.3. The van der Waals surface area contributed by atoms with Gasteiger partial charge in [0.1, 0.15) is 0 Å². The molecule has 3 rings (SSSR count). The van der Waals surface area contributed by atoms with Crippen molar-refractivity contribution in [3.8, 4) is 0 Å². The molecular weight excluding hydrogens is 473 g/mol. The fourth-order valence-electron chi connectivity index (χ4n) is 2.80. The number of imide groups is 1. The summed E-state index contributed by atoms with van der Waals surface area (Å²) in [7, 11) is 0. The number of hydrogen-bond acceptors (Lipinski definition) is 5. The summed E-state index contributed by atoms with van der Waals surface area (Å²) in [5.74, 6) is -1.27. The third-order valence-corrected chi connectivity index (χ3v) is 6.26. The van der Waals surface area contributed by atoms with Crippen molar-refractivity contribution in [2.45, 2.75) is 6.92 Å². The van der Waals surface area contributed by atoms with Crippen LogP contribution in [0.15, 0.2) is 47.4 Å². The number of nitrogens with one attached hydrogen (secondary N) is 2. The van der Waals surface area contributed by atoms with Crippen molar-refractivity contribution in [1.82, 2.24) is 15.5 Å². The van der Waals surface area contributed by atoms with Crippen molar-refractivity contribution in [2.75, 3.05) is 19.6 Å². The molecule has 0 aromatic heterocycles. The van der Waals surface area contributed by atoms with E-state index < -0.39 is 17.1 Å². The molecule has 0 bridgehead atoms. The molecule has 2 aromatic carbocycles. The van der Waals surface area contributed by atoms with Gasteiger partial charge in [-0.3, -0.25) is 24.1 Å². The highest BCUT2D eigenvalue weighted by atomic mass is 35.5. The highest BCUT2D eigenvalue weighted by molar-refractivity contribution is 8.18. The lowest BCUT2D eigenvalue weighted by Gasteiger charge is -2.13. The maximum atomic E-state index is 12.6. The highest BCUT2D eigenvalue weighted by Gasteiger charge is 2.34. The number of thioether (sulfide) groups is 1. The van der Waals surface area contributed by atoms with Crippen LogP contribution < -0.4 is 10.6 Å². The summed E-state index contributed by atoms with van der Waals surface area (Å²) in [5, 5.41) is 5.30. The molecule has 0 aliphatic carbocycles. The average molecular weight is 492 g/mol. The third-order valence-electron chi connectivity index (χ3n) is 4.52. The van der Waals surface area contributed by atoms with Crippen LogP contribution in [0.2, 0.25) is 10.0 Å². The van der Waals surface area contributed by atoms with Gasteiger partial charge in [0.25, 0.3) is 17.1 Å². The summed E-state index contributed by atoms with van der Waals surface area (Å²) in [4.78, 5) is 50.1. The number of rotatable bonds is 7. The van der Waals surface area contributed by atoms with E-state index in [1.54, 1.807) is 42.5 Å². The molecule has 166 valence electrons. The fourth-order valence-corrected chi connectivity index (χ4v) is 4.02. The summed E-state index contributed by atoms with van der Waals surface area (Å²) in [5.41, 5.74) is 2.01. The maximum absolute atomic E-state index is 12.6. The van der Waals surface area contributed by atoms with Gasteiger partial charge < -0.3 is 10.6 Å². The molecule has 1 saturated heterocycles. The second-order valence-corrected chi connectivity index (χ2v) is 8.65. The lowest BCUT2D eigenvalue weighted by Crippen LogP contribution is -2.41. The molecular formula is C22H19Cl2N3O4S. The molecule has 1 fully saturated rings. The molecule has 32 heavy (non-hydrogen) atoms. The normalized spacial score (nSPS) is 14.7. The Morgan fingerprint density at radius 2 is 1.78 bits per heavy atom. The van der Waals surface area contributed by atoms with E-state index in [4.69, 9.17) is 23.2 Å². The molecule has 2 aromatic rings. The summed E-state index contributed by atoms with van der Waals surface area (Å²) in [6, 6.07) is 12.0. The first-order chi connectivity index (χ1) is 15.3. The SMILES string of the molecule is Cc1ccc(C(=O)NCC(=O)NCCN2C(=O)S/C(=C\c3cccc(Cl)c3Cl)C2=O)cc1. The van der Waals surface area contributed by atoms with Crippen LogP contribution in [-0.2, 0) is 9.59 Å². The van der Waals surface area contributed by atoms with Crippen LogP contribution in [0.3, 0.4) is 0 Å². The zero-order valence-electron chi connectivity index (χ0n) is 17.0. The Labute approximate surface area is 199 Å². The van der Waals surface area contributed by atoms with E-state index in [-0.39, 0.29) is 30.4 Å². The Kier molecular flexibility index (Phi) is 7.95. The van der Waals surface area contributed by atoms with Gasteiger partial charge in [0.05, 0.1) is 21.5 Å². The first kappa shape index (κ1) is 23.8. The van der Waals surface area contributed by atoms with Gasteiger partial charge in [-0.05, 0) is 48.5 Å². The van der Waals surface area contributed by atoms with Gasteiger partial charge in [-0.2, -0.15) is 0 Å². The minimum Gasteiger partial charge on any atom is -0.353 e. The lowest BCUT2D eigenvalue weighted by atomic mass is 10.1. The Hall–Kier alpha value is -2.81. The number of benzene rings is 2. The average Bonchev–Trinajstić information content (AvgIpc) is 3.03. The summed E-state index contributed by atoms with van der Waals surface area (Å²) in [6.07, 6.45) is 1.51. The van der Waals surface area contributed by atoms with Crippen molar-refractivity contribution in [3.63, 3.8) is 0 Å². The van der Waals surface area contributed by atoms with Crippen LogP contribution in [0.1, 0.15) is 21.5 Å². The van der Waals surface area contributed by atoms with Crippen molar-refractivity contribution >= 4 is 64.0 Å². The number of nitrogens with zero attached hydrogens (tertiary/aromatic N) is 1. The van der Waals surface area contributed by atoms with Crippen molar-refractivity contribution < 1.29 is 19.2 Å². The largest absolute Gasteiger partial charge is 0.353 e. The van der Waals surface area contributed by atoms with Crippen LogP contribution in [0.5, 0.6) is 0 Å². The lowest BCUT2D eigenvalue weighted by molar-refractivity contribution is -0.124. The van der Waals surface area contributed by atoms with Crippen LogP contribution in [-0.4, -0.2) is 47.5 Å². The second-order valence-electron chi connectivity index (χ2n) is 6.88. The maximum Gasteiger partial charge on any atom is 0.293 e. The fraction of sp³-hybridized carbons (Fsp3) is 0.182. The van der Waals surface area contributed by atoms with Gasteiger partial charge in [0, 0.05) is 18.7 Å². The Morgan fingerprint density at radius 1 is 1.06 bits per heavy atom. The Bertz CT molecular complexity index is 1100. The number of amides is 4. The molecule has 1 heterocycles. The van der Waals surface area contributed by atoms with Crippen LogP contribution in [0.4, 0.5) is 4.79 Å². The molecule has 1 aliphatic heterocycles. The number of hydrogen-bond donors (Lipinski definition) is 2. The van der Waals surface area contributed by atoms with Crippen molar-refractivity contribution in [2.24, 2.45) is 0 Å². The van der Waals surface area contributed by atoms with E-state index in [2.05, 4.69) is 10.6 Å². The Balaban J connectivity index is 1.48. The summed E-state index contributed by atoms with van der Waals surface area (Å²) >= 11 is 12.9. The standard InChI is InChI=1S/C22H19Cl2N3O4S/c1-13-5-7-14(8-6-13)20(29)26-12-18(28)25-9-10-27-21(30)17(32-22(27)31)11-15-3-2-4-16(23)19(15)24/h2-8,11H,9-10,12H2,1H3,(H,25,28)(H,26,29)/b17-11-. The Morgan fingerprint density at radius 3 is 2.50 bits per heavy atom. The van der Waals surface area contributed by atoms with E-state index in [9.17, 15) is 19.2 Å². The van der Waals surface area contributed by atoms with Gasteiger partial charge >= 0.3 is 0 Å². The zero-order chi connectivity index (χ0) is 23.3. The number of halogens is 2. The topological polar surface area (TPSA) is 95.6 Å². The van der Waals surface area contributed by atoms with E-state index >= 15 is 0 Å². The molecule has 7 nitrogen and oxygen atoms in total. The van der Waals surface area contributed by atoms with Crippen molar-refractivity contribution in [1.29, 1.82) is 0 Å². The number of carbonyl (C=O) groups is 4. The smallest absolute Gasteiger partial charge is 0.293 e. The van der Waals surface area contributed by atoms with Crippen LogP contribution >= 0.6 is 35.0 Å². The van der Waals surface area contributed by atoms with Crippen molar-refractivity contribution in [3.05, 3.63) is 74.1 Å². The monoisotopic (exact) mass is 491 g/mol. The summed E-state index contributed by atoms with van der Waals surface area (Å²) < 4.78 is 0. The quantitative estimate of drug-likeness (QED) is 0.572. The highest BCUT2D eigenvalue weighted by Crippen LogP contribution is 2.34. The number of carbonyl (C=O) groups excluding carboxylic acids is 4. The van der Waals surface area contributed by atoms with Crippen LogP contribution in [0.25, 0.3) is 6.08 Å². The van der Waals surface area contributed by atoms with E-state index in [0.29, 0.717) is 21.2 Å². The second kappa shape index (κ2) is 10.7. The van der Waals surface area contributed by atoms with E-state index in [1.807, 2.05) is 6.92 Å². The molecule has 4 amide bonds. The minimum atomic E-state index is -0.474. The van der Waals surface area contributed by atoms with E-state index in [1.165, 1.54) is 6.08 Å². The van der Waals surface area contributed by atoms with E-state index in [0.717, 1.165) is 22.2 Å². The van der Waals surface area contributed by atoms with Gasteiger partial charge in [-0.15, -0.1) is 0 Å². The van der Waals surface area contributed by atoms with Gasteiger partial charge in [-0.1, -0.05) is 53.0 Å². The molecule has 2 N–H and O–H groups in total. The molecule has 10 heteroatoms. The first-order valence-corrected chi connectivity index (χ1v) is 11.1. The third kappa shape index (κ3) is 5.91.